The van der Waals surface area contributed by atoms with Gasteiger partial charge in [-0.25, -0.2) is 0 Å². The Kier molecular flexibility index (Phi) is 4.71. The van der Waals surface area contributed by atoms with Crippen molar-refractivity contribution in [1.29, 1.82) is 0 Å². The second-order valence-corrected chi connectivity index (χ2v) is 6.31. The first-order chi connectivity index (χ1) is 8.29. The van der Waals surface area contributed by atoms with E-state index in [0.29, 0.717) is 6.04 Å². The molecule has 0 radical (unpaired) electrons. The van der Waals surface area contributed by atoms with Gasteiger partial charge in [0, 0.05) is 23.3 Å². The summed E-state index contributed by atoms with van der Waals surface area (Å²) < 4.78 is 1.18. The monoisotopic (exact) mass is 310 g/mol. The lowest BCUT2D eigenvalue weighted by atomic mass is 10.1. The molecule has 0 aliphatic rings. The van der Waals surface area contributed by atoms with E-state index in [0.717, 1.165) is 13.0 Å². The Hall–Kier alpha value is -0.710. The van der Waals surface area contributed by atoms with Crippen molar-refractivity contribution in [3.05, 3.63) is 50.9 Å². The Morgan fingerprint density at radius 1 is 1.41 bits per heavy atom. The van der Waals surface area contributed by atoms with Crippen LogP contribution in [-0.4, -0.2) is 11.5 Å². The lowest BCUT2D eigenvalue weighted by Crippen LogP contribution is -2.22. The third-order valence-corrected chi connectivity index (χ3v) is 4.29. The first kappa shape index (κ1) is 12.7. The van der Waals surface area contributed by atoms with Crippen molar-refractivity contribution in [1.82, 2.24) is 10.3 Å². The van der Waals surface area contributed by atoms with Crippen LogP contribution in [0.15, 0.2) is 40.4 Å². The van der Waals surface area contributed by atoms with Crippen molar-refractivity contribution in [2.75, 3.05) is 6.54 Å². The first-order valence-electron chi connectivity index (χ1n) is 5.67. The molecule has 2 nitrogen and oxygen atoms in total. The molecular weight excluding hydrogens is 296 g/mol. The van der Waals surface area contributed by atoms with Crippen LogP contribution in [0, 0.1) is 0 Å². The molecule has 0 spiro atoms. The molecule has 4 heteroatoms. The average Bonchev–Trinajstić information content (AvgIpc) is 2.77. The zero-order valence-electron chi connectivity index (χ0n) is 9.69. The highest BCUT2D eigenvalue weighted by Crippen LogP contribution is 2.29. The molecule has 0 bridgehead atoms. The van der Waals surface area contributed by atoms with E-state index in [9.17, 15) is 0 Å². The summed E-state index contributed by atoms with van der Waals surface area (Å²) in [5, 5.41) is 3.52. The summed E-state index contributed by atoms with van der Waals surface area (Å²) in [4.78, 5) is 5.53. The van der Waals surface area contributed by atoms with Crippen LogP contribution >= 0.6 is 27.3 Å². The van der Waals surface area contributed by atoms with Crippen LogP contribution in [0.3, 0.4) is 0 Å². The number of hydrogen-bond donors (Lipinski definition) is 1. The summed E-state index contributed by atoms with van der Waals surface area (Å²) in [5.74, 6) is 0. The molecule has 2 heterocycles. The molecule has 0 aromatic carbocycles. The standard InChI is InChI=1S/C13H15BrN2S/c1-2-16-11(12-5-6-13(14)17-12)8-10-4-3-7-15-9-10/h3-7,9,11,16H,2,8H2,1H3. The number of hydrogen-bond acceptors (Lipinski definition) is 3. The molecule has 0 aliphatic carbocycles. The van der Waals surface area contributed by atoms with Gasteiger partial charge in [0.1, 0.15) is 0 Å². The fraction of sp³-hybridized carbons (Fsp3) is 0.308. The lowest BCUT2D eigenvalue weighted by Gasteiger charge is -2.16. The minimum atomic E-state index is 0.375. The predicted molar refractivity (Wildman–Crippen MR) is 76.4 cm³/mol. The van der Waals surface area contributed by atoms with Gasteiger partial charge in [-0.3, -0.25) is 4.98 Å². The number of halogens is 1. The highest BCUT2D eigenvalue weighted by Gasteiger charge is 2.13. The molecule has 2 aromatic rings. The smallest absolute Gasteiger partial charge is 0.0701 e. The minimum Gasteiger partial charge on any atom is -0.309 e. The molecule has 90 valence electrons. The number of rotatable bonds is 5. The molecule has 1 unspecified atom stereocenters. The highest BCUT2D eigenvalue weighted by atomic mass is 79.9. The summed E-state index contributed by atoms with van der Waals surface area (Å²) in [5.41, 5.74) is 1.27. The molecule has 0 amide bonds. The second-order valence-electron chi connectivity index (χ2n) is 3.82. The quantitative estimate of drug-likeness (QED) is 0.908. The zero-order valence-corrected chi connectivity index (χ0v) is 12.1. The summed E-state index contributed by atoms with van der Waals surface area (Å²) >= 11 is 5.30. The Bertz CT molecular complexity index is 455. The normalized spacial score (nSPS) is 12.6. The number of thiophene rings is 1. The molecule has 0 saturated heterocycles. The number of aromatic nitrogens is 1. The van der Waals surface area contributed by atoms with Gasteiger partial charge in [0.25, 0.3) is 0 Å². The Balaban J connectivity index is 2.13. The SMILES string of the molecule is CCNC(Cc1cccnc1)c1ccc(Br)s1. The van der Waals surface area contributed by atoms with Gasteiger partial charge in [-0.1, -0.05) is 13.0 Å². The topological polar surface area (TPSA) is 24.9 Å². The fourth-order valence-electron chi connectivity index (χ4n) is 1.79. The Labute approximate surface area is 114 Å². The van der Waals surface area contributed by atoms with E-state index in [1.54, 1.807) is 11.3 Å². The molecule has 17 heavy (non-hydrogen) atoms. The van der Waals surface area contributed by atoms with Gasteiger partial charge in [-0.05, 0) is 52.7 Å². The van der Waals surface area contributed by atoms with E-state index in [1.807, 2.05) is 18.5 Å². The molecule has 2 aromatic heterocycles. The maximum atomic E-state index is 4.16. The van der Waals surface area contributed by atoms with Crippen molar-refractivity contribution < 1.29 is 0 Å². The van der Waals surface area contributed by atoms with Crippen LogP contribution in [0.4, 0.5) is 0 Å². The molecule has 2 rings (SSSR count). The minimum absolute atomic E-state index is 0.375. The summed E-state index contributed by atoms with van der Waals surface area (Å²) in [6.45, 7) is 3.11. The van der Waals surface area contributed by atoms with Crippen molar-refractivity contribution in [2.24, 2.45) is 0 Å². The van der Waals surface area contributed by atoms with Crippen molar-refractivity contribution in [2.45, 2.75) is 19.4 Å². The number of likely N-dealkylation sites (N-methyl/N-ethyl adjacent to an activating group) is 1. The summed E-state index contributed by atoms with van der Waals surface area (Å²) in [6, 6.07) is 8.77. The maximum Gasteiger partial charge on any atom is 0.0701 e. The Morgan fingerprint density at radius 2 is 2.29 bits per heavy atom. The summed E-state index contributed by atoms with van der Waals surface area (Å²) in [6.07, 6.45) is 4.73. The van der Waals surface area contributed by atoms with Crippen LogP contribution in [0.25, 0.3) is 0 Å². The average molecular weight is 311 g/mol. The van der Waals surface area contributed by atoms with E-state index < -0.39 is 0 Å². The summed E-state index contributed by atoms with van der Waals surface area (Å²) in [7, 11) is 0. The van der Waals surface area contributed by atoms with Crippen molar-refractivity contribution in [3.8, 4) is 0 Å². The number of nitrogens with zero attached hydrogens (tertiary/aromatic N) is 1. The van der Waals surface area contributed by atoms with E-state index >= 15 is 0 Å². The van der Waals surface area contributed by atoms with Crippen molar-refractivity contribution >= 4 is 27.3 Å². The zero-order chi connectivity index (χ0) is 12.1. The van der Waals surface area contributed by atoms with Gasteiger partial charge in [-0.2, -0.15) is 0 Å². The largest absolute Gasteiger partial charge is 0.309 e. The van der Waals surface area contributed by atoms with Crippen LogP contribution in [0.1, 0.15) is 23.4 Å². The molecule has 0 fully saturated rings. The molecule has 1 atom stereocenters. The number of pyridine rings is 1. The Morgan fingerprint density at radius 3 is 2.88 bits per heavy atom. The van der Waals surface area contributed by atoms with Crippen molar-refractivity contribution in [3.63, 3.8) is 0 Å². The van der Waals surface area contributed by atoms with Crippen LogP contribution in [0.5, 0.6) is 0 Å². The number of nitrogens with one attached hydrogen (secondary N) is 1. The molecule has 0 saturated carbocycles. The van der Waals surface area contributed by atoms with Gasteiger partial charge in [0.15, 0.2) is 0 Å². The molecule has 1 N–H and O–H groups in total. The van der Waals surface area contributed by atoms with Crippen LogP contribution in [-0.2, 0) is 6.42 Å². The lowest BCUT2D eigenvalue weighted by molar-refractivity contribution is 0.557. The van der Waals surface area contributed by atoms with Gasteiger partial charge >= 0.3 is 0 Å². The van der Waals surface area contributed by atoms with Gasteiger partial charge in [-0.15, -0.1) is 11.3 Å². The fourth-order valence-corrected chi connectivity index (χ4v) is 3.29. The van der Waals surface area contributed by atoms with Crippen LogP contribution < -0.4 is 5.32 Å². The van der Waals surface area contributed by atoms with Gasteiger partial charge in [0.2, 0.25) is 0 Å². The van der Waals surface area contributed by atoms with E-state index in [2.05, 4.69) is 51.4 Å². The molecular formula is C13H15BrN2S. The van der Waals surface area contributed by atoms with E-state index in [1.165, 1.54) is 14.2 Å². The van der Waals surface area contributed by atoms with E-state index in [-0.39, 0.29) is 0 Å². The van der Waals surface area contributed by atoms with E-state index in [4.69, 9.17) is 0 Å². The van der Waals surface area contributed by atoms with Gasteiger partial charge < -0.3 is 5.32 Å². The molecule has 0 aliphatic heterocycles. The van der Waals surface area contributed by atoms with Crippen LogP contribution in [0.2, 0.25) is 0 Å². The maximum absolute atomic E-state index is 4.16. The second kappa shape index (κ2) is 6.28. The predicted octanol–water partition coefficient (Wildman–Crippen LogP) is 3.80. The first-order valence-corrected chi connectivity index (χ1v) is 7.28. The highest BCUT2D eigenvalue weighted by molar-refractivity contribution is 9.11. The third-order valence-electron chi connectivity index (χ3n) is 2.55. The van der Waals surface area contributed by atoms with Gasteiger partial charge in [0.05, 0.1) is 3.79 Å². The third kappa shape index (κ3) is 3.63.